The number of hydrogen-bond donors (Lipinski definition) is 4. The van der Waals surface area contributed by atoms with Gasteiger partial charge in [0.2, 0.25) is 5.91 Å². The highest BCUT2D eigenvalue weighted by molar-refractivity contribution is 6.31. The minimum atomic E-state index is -0.691. The highest BCUT2D eigenvalue weighted by Gasteiger charge is 2.28. The number of nitrogens with zero attached hydrogens (tertiary/aromatic N) is 1. The summed E-state index contributed by atoms with van der Waals surface area (Å²) in [6.45, 7) is 7.76. The number of carbonyl (C=O) groups excluding carboxylic acids is 3. The minimum absolute atomic E-state index is 0.0120. The van der Waals surface area contributed by atoms with E-state index in [0.717, 1.165) is 11.8 Å². The lowest BCUT2D eigenvalue weighted by molar-refractivity contribution is -0.479. The number of halogens is 2. The van der Waals surface area contributed by atoms with E-state index in [1.165, 1.54) is 11.4 Å². The molecule has 0 aliphatic rings. The highest BCUT2D eigenvalue weighted by atomic mass is 35.5. The first kappa shape index (κ1) is 33.7. The zero-order valence-electron chi connectivity index (χ0n) is 24.9. The average molecular weight is 591 g/mol. The average Bonchev–Trinajstić information content (AvgIpc) is 2.91. The zero-order valence-corrected chi connectivity index (χ0v) is 25.6. The fourth-order valence-corrected chi connectivity index (χ4v) is 4.11. The fourth-order valence-electron chi connectivity index (χ4n) is 3.94. The molecule has 0 bridgehead atoms. The molecule has 2 aromatic rings. The normalized spacial score (nSPS) is 12.8. The Labute approximate surface area is 246 Å². The van der Waals surface area contributed by atoms with Gasteiger partial charge in [-0.2, -0.15) is 0 Å². The van der Waals surface area contributed by atoms with E-state index in [1.807, 2.05) is 70.1 Å². The molecular weight excluding hydrogens is 549 g/mol. The SMILES string of the molecule is CCOc1cc(F)c(Cl)cc1C(=O)NCC(C)(C)CC(=O)N/C(C(=O)[NH2+]c1ccccc1)=C(\C[C@@H](C)N(C)C)NC. The number of hydrogen-bond acceptors (Lipinski definition) is 6. The summed E-state index contributed by atoms with van der Waals surface area (Å²) in [6, 6.07) is 11.6. The van der Waals surface area contributed by atoms with Gasteiger partial charge in [-0.1, -0.05) is 43.6 Å². The largest absolute Gasteiger partial charge is 0.493 e. The van der Waals surface area contributed by atoms with Gasteiger partial charge in [-0.25, -0.2) is 14.5 Å². The quantitative estimate of drug-likeness (QED) is 0.198. The van der Waals surface area contributed by atoms with Crippen LogP contribution < -0.4 is 26.0 Å². The molecule has 0 spiro atoms. The molecule has 0 unspecified atom stereocenters. The third-order valence-electron chi connectivity index (χ3n) is 6.53. The van der Waals surface area contributed by atoms with E-state index in [4.69, 9.17) is 16.3 Å². The summed E-state index contributed by atoms with van der Waals surface area (Å²) in [5, 5.41) is 10.0. The van der Waals surface area contributed by atoms with E-state index < -0.39 is 17.1 Å². The Hall–Kier alpha value is -3.47. The zero-order chi connectivity index (χ0) is 30.7. The Kier molecular flexibility index (Phi) is 12.8. The lowest BCUT2D eigenvalue weighted by atomic mass is 9.88. The van der Waals surface area contributed by atoms with Gasteiger partial charge in [-0.3, -0.25) is 9.59 Å². The molecule has 0 aliphatic carbocycles. The summed E-state index contributed by atoms with van der Waals surface area (Å²) in [6.07, 6.45) is 0.521. The van der Waals surface area contributed by atoms with Crippen LogP contribution in [-0.4, -0.2) is 63.0 Å². The smallest absolute Gasteiger partial charge is 0.365 e. The van der Waals surface area contributed by atoms with Crippen molar-refractivity contribution in [1.82, 2.24) is 20.9 Å². The Morgan fingerprint density at radius 2 is 1.80 bits per heavy atom. The molecular formula is C30H42ClFN5O4+. The van der Waals surface area contributed by atoms with Crippen LogP contribution in [-0.2, 0) is 9.59 Å². The van der Waals surface area contributed by atoms with Crippen molar-refractivity contribution in [3.05, 3.63) is 70.3 Å². The van der Waals surface area contributed by atoms with Crippen molar-refractivity contribution in [3.8, 4) is 5.75 Å². The molecule has 1 atom stereocenters. The van der Waals surface area contributed by atoms with E-state index in [1.54, 1.807) is 14.0 Å². The van der Waals surface area contributed by atoms with Crippen LogP contribution in [0.25, 0.3) is 0 Å². The molecule has 0 heterocycles. The van der Waals surface area contributed by atoms with Crippen LogP contribution in [0.5, 0.6) is 5.75 Å². The first-order valence-corrected chi connectivity index (χ1v) is 13.9. The van der Waals surface area contributed by atoms with Gasteiger partial charge in [0, 0.05) is 44.2 Å². The maximum Gasteiger partial charge on any atom is 0.365 e. The van der Waals surface area contributed by atoms with E-state index in [9.17, 15) is 18.8 Å². The van der Waals surface area contributed by atoms with Crippen LogP contribution in [0.3, 0.4) is 0 Å². The Morgan fingerprint density at radius 1 is 1.15 bits per heavy atom. The maximum absolute atomic E-state index is 13.9. The summed E-state index contributed by atoms with van der Waals surface area (Å²) in [5.74, 6) is -1.82. The molecule has 2 rings (SSSR count). The second-order valence-electron chi connectivity index (χ2n) is 10.8. The maximum atomic E-state index is 13.9. The van der Waals surface area contributed by atoms with Gasteiger partial charge in [-0.05, 0) is 51.6 Å². The van der Waals surface area contributed by atoms with Gasteiger partial charge in [0.25, 0.3) is 5.91 Å². The number of amides is 3. The number of carbonyl (C=O) groups is 3. The number of ether oxygens (including phenoxy) is 1. The van der Waals surface area contributed by atoms with Crippen LogP contribution >= 0.6 is 11.6 Å². The molecule has 0 saturated carbocycles. The minimum Gasteiger partial charge on any atom is -0.493 e. The van der Waals surface area contributed by atoms with Crippen molar-refractivity contribution in [2.45, 2.75) is 46.6 Å². The number of nitrogens with two attached hydrogens (primary N) is 1. The summed E-state index contributed by atoms with van der Waals surface area (Å²) in [5.41, 5.74) is 0.912. The molecule has 2 aromatic carbocycles. The fraction of sp³-hybridized carbons (Fsp3) is 0.433. The summed E-state index contributed by atoms with van der Waals surface area (Å²) < 4.78 is 19.3. The van der Waals surface area contributed by atoms with E-state index in [2.05, 4.69) is 16.0 Å². The third-order valence-corrected chi connectivity index (χ3v) is 6.82. The van der Waals surface area contributed by atoms with Crippen LogP contribution in [0.4, 0.5) is 10.1 Å². The first-order chi connectivity index (χ1) is 19.3. The van der Waals surface area contributed by atoms with Crippen molar-refractivity contribution in [2.75, 3.05) is 34.3 Å². The lowest BCUT2D eigenvalue weighted by Crippen LogP contribution is -2.83. The van der Waals surface area contributed by atoms with Crippen LogP contribution in [0.2, 0.25) is 5.02 Å². The number of benzene rings is 2. The second-order valence-corrected chi connectivity index (χ2v) is 11.2. The predicted molar refractivity (Wildman–Crippen MR) is 158 cm³/mol. The molecule has 41 heavy (non-hydrogen) atoms. The molecule has 0 fully saturated rings. The molecule has 0 saturated heterocycles. The van der Waals surface area contributed by atoms with E-state index in [-0.39, 0.29) is 59.5 Å². The van der Waals surface area contributed by atoms with Gasteiger partial charge in [0.1, 0.15) is 17.3 Å². The van der Waals surface area contributed by atoms with Gasteiger partial charge < -0.3 is 25.6 Å². The number of quaternary nitrogens is 1. The van der Waals surface area contributed by atoms with Crippen molar-refractivity contribution >= 4 is 35.0 Å². The van der Waals surface area contributed by atoms with Crippen LogP contribution in [0.1, 0.15) is 50.9 Å². The molecule has 5 N–H and O–H groups in total. The number of rotatable bonds is 14. The second kappa shape index (κ2) is 15.5. The Bertz CT molecular complexity index is 1250. The molecule has 0 radical (unpaired) electrons. The number of para-hydroxylation sites is 1. The molecule has 9 nitrogen and oxygen atoms in total. The van der Waals surface area contributed by atoms with Crippen LogP contribution in [0, 0.1) is 11.2 Å². The Balaban J connectivity index is 2.19. The highest BCUT2D eigenvalue weighted by Crippen LogP contribution is 2.27. The molecule has 224 valence electrons. The topological polar surface area (TPSA) is 116 Å². The number of primary amides is 1. The predicted octanol–water partition coefficient (Wildman–Crippen LogP) is 3.33. The molecule has 0 aliphatic heterocycles. The van der Waals surface area contributed by atoms with Gasteiger partial charge in [0.15, 0.2) is 5.70 Å². The number of nitrogens with one attached hydrogen (secondary N) is 3. The summed E-state index contributed by atoms with van der Waals surface area (Å²) in [4.78, 5) is 41.6. The van der Waals surface area contributed by atoms with Gasteiger partial charge in [-0.15, -0.1) is 0 Å². The lowest BCUT2D eigenvalue weighted by Gasteiger charge is -2.26. The van der Waals surface area contributed by atoms with Crippen molar-refractivity contribution in [1.29, 1.82) is 0 Å². The third kappa shape index (κ3) is 10.5. The van der Waals surface area contributed by atoms with Crippen LogP contribution in [0.15, 0.2) is 53.9 Å². The summed E-state index contributed by atoms with van der Waals surface area (Å²) in [7, 11) is 5.61. The van der Waals surface area contributed by atoms with E-state index >= 15 is 0 Å². The van der Waals surface area contributed by atoms with Gasteiger partial charge in [0.05, 0.1) is 17.2 Å². The van der Waals surface area contributed by atoms with E-state index in [0.29, 0.717) is 12.1 Å². The monoisotopic (exact) mass is 590 g/mol. The van der Waals surface area contributed by atoms with Gasteiger partial charge >= 0.3 is 5.91 Å². The standard InChI is InChI=1S/C30H41ClFN5O4/c1-8-41-25-16-23(32)22(31)15-21(25)28(39)34-18-30(3,4)17-26(38)36-27(24(33-5)14-19(2)37(6)7)29(40)35-20-12-10-9-11-13-20/h9-13,15-16,19,33H,8,14,17-18H2,1-7H3,(H,34,39)(H,35,40)(H,36,38)/p+1/b27-24+/t19-/m1/s1. The first-order valence-electron chi connectivity index (χ1n) is 13.5. The molecule has 0 aromatic heterocycles. The van der Waals surface area contributed by atoms with Crippen molar-refractivity contribution in [2.24, 2.45) is 5.41 Å². The summed E-state index contributed by atoms with van der Waals surface area (Å²) >= 11 is 5.89. The van der Waals surface area contributed by atoms with Crippen molar-refractivity contribution in [3.63, 3.8) is 0 Å². The molecule has 3 amide bonds. The Morgan fingerprint density at radius 3 is 2.39 bits per heavy atom. The molecule has 11 heteroatoms. The van der Waals surface area contributed by atoms with Crippen molar-refractivity contribution < 1.29 is 28.8 Å².